The molecule has 0 saturated carbocycles. The average Bonchev–Trinajstić information content (AvgIpc) is 3.56. The van der Waals surface area contributed by atoms with Crippen molar-refractivity contribution >= 4 is 60.6 Å². The maximum atomic E-state index is 13.1. The summed E-state index contributed by atoms with van der Waals surface area (Å²) in [5, 5.41) is 2.88. The number of benzene rings is 4. The van der Waals surface area contributed by atoms with Crippen LogP contribution in [0.15, 0.2) is 103 Å². The first-order valence-electron chi connectivity index (χ1n) is 11.5. The summed E-state index contributed by atoms with van der Waals surface area (Å²) in [6, 6.07) is 32.2. The fourth-order valence-electron chi connectivity index (χ4n) is 4.67. The Bertz CT molecular complexity index is 1770. The third kappa shape index (κ3) is 3.44. The predicted molar refractivity (Wildman–Crippen MR) is 149 cm³/mol. The van der Waals surface area contributed by atoms with E-state index in [0.29, 0.717) is 11.1 Å². The molecule has 1 aliphatic carbocycles. The van der Waals surface area contributed by atoms with Gasteiger partial charge in [-0.15, -0.1) is 22.7 Å². The van der Waals surface area contributed by atoms with E-state index in [-0.39, 0.29) is 17.1 Å². The number of rotatable bonds is 3. The first-order valence-corrected chi connectivity index (χ1v) is 13.2. The quantitative estimate of drug-likeness (QED) is 0.182. The van der Waals surface area contributed by atoms with Crippen molar-refractivity contribution in [3.8, 4) is 21.7 Å². The second kappa shape index (κ2) is 8.19. The van der Waals surface area contributed by atoms with Gasteiger partial charge in [-0.25, -0.2) is 4.98 Å². The van der Waals surface area contributed by atoms with Crippen LogP contribution in [0.1, 0.15) is 25.6 Å². The third-order valence-electron chi connectivity index (χ3n) is 6.50. The van der Waals surface area contributed by atoms with E-state index in [1.54, 1.807) is 17.4 Å². The van der Waals surface area contributed by atoms with Crippen molar-refractivity contribution in [3.05, 3.63) is 119 Å². The van der Waals surface area contributed by atoms with E-state index in [9.17, 15) is 9.59 Å². The van der Waals surface area contributed by atoms with Gasteiger partial charge >= 0.3 is 0 Å². The average molecular weight is 500 g/mol. The van der Waals surface area contributed by atoms with E-state index in [1.165, 1.54) is 22.5 Å². The van der Waals surface area contributed by atoms with Gasteiger partial charge in [0.1, 0.15) is 9.84 Å². The molecule has 0 aliphatic heterocycles. The van der Waals surface area contributed by atoms with Gasteiger partial charge in [0, 0.05) is 21.6 Å². The third-order valence-corrected chi connectivity index (χ3v) is 8.65. The van der Waals surface area contributed by atoms with Crippen LogP contribution in [0.5, 0.6) is 0 Å². The van der Waals surface area contributed by atoms with Gasteiger partial charge in [0.15, 0.2) is 11.6 Å². The number of fused-ring (bicyclic) bond motifs is 3. The number of nitrogens with zero attached hydrogens (tertiary/aromatic N) is 1. The Kier molecular flexibility index (Phi) is 4.81. The molecule has 170 valence electrons. The topological polar surface area (TPSA) is 47.0 Å². The van der Waals surface area contributed by atoms with Crippen LogP contribution in [0.2, 0.25) is 0 Å². The summed E-state index contributed by atoms with van der Waals surface area (Å²) in [5.41, 5.74) is 4.64. The van der Waals surface area contributed by atoms with E-state index in [4.69, 9.17) is 4.98 Å². The molecule has 7 rings (SSSR count). The molecule has 0 N–H and O–H groups in total. The van der Waals surface area contributed by atoms with E-state index in [0.717, 1.165) is 35.8 Å². The highest BCUT2D eigenvalue weighted by molar-refractivity contribution is 7.29. The lowest BCUT2D eigenvalue weighted by Gasteiger charge is -2.02. The van der Waals surface area contributed by atoms with Crippen molar-refractivity contribution in [2.45, 2.75) is 0 Å². The molecule has 4 aromatic carbocycles. The minimum Gasteiger partial charge on any atom is -0.288 e. The van der Waals surface area contributed by atoms with E-state index >= 15 is 0 Å². The second-order valence-corrected chi connectivity index (χ2v) is 10.8. The minimum atomic E-state index is -0.204. The summed E-state index contributed by atoms with van der Waals surface area (Å²) in [7, 11) is 0. The summed E-state index contributed by atoms with van der Waals surface area (Å²) in [4.78, 5) is 32.8. The first kappa shape index (κ1) is 21.1. The Balaban J connectivity index is 1.19. The minimum absolute atomic E-state index is 0.204. The molecule has 6 aromatic rings. The molecule has 0 spiro atoms. The number of ketones is 2. The first-order chi connectivity index (χ1) is 17.6. The predicted octanol–water partition coefficient (Wildman–Crippen LogP) is 8.31. The van der Waals surface area contributed by atoms with Crippen LogP contribution in [-0.4, -0.2) is 16.6 Å². The van der Waals surface area contributed by atoms with Crippen molar-refractivity contribution in [2.24, 2.45) is 0 Å². The van der Waals surface area contributed by atoms with Gasteiger partial charge < -0.3 is 0 Å². The van der Waals surface area contributed by atoms with Gasteiger partial charge in [-0.2, -0.15) is 0 Å². The van der Waals surface area contributed by atoms with E-state index in [2.05, 4.69) is 36.4 Å². The lowest BCUT2D eigenvalue weighted by atomic mass is 10.0. The van der Waals surface area contributed by atoms with Crippen molar-refractivity contribution in [1.29, 1.82) is 0 Å². The number of Topliss-reactive ketones (excluding diaryl/α,β-unsaturated/α-hetero) is 2. The maximum absolute atomic E-state index is 13.1. The Morgan fingerprint density at radius 1 is 0.611 bits per heavy atom. The molecule has 0 fully saturated rings. The van der Waals surface area contributed by atoms with Gasteiger partial charge in [-0.3, -0.25) is 9.59 Å². The molecule has 0 amide bonds. The number of carbonyl (C=O) groups is 2. The fourth-order valence-corrected chi connectivity index (χ4v) is 6.84. The highest BCUT2D eigenvalue weighted by Gasteiger charge is 2.33. The molecule has 2 aromatic heterocycles. The monoisotopic (exact) mass is 499 g/mol. The summed E-state index contributed by atoms with van der Waals surface area (Å²) >= 11 is 3.13. The molecule has 0 saturated heterocycles. The highest BCUT2D eigenvalue weighted by atomic mass is 32.1. The molecule has 1 aliphatic rings. The lowest BCUT2D eigenvalue weighted by molar-refractivity contribution is 0.0990. The van der Waals surface area contributed by atoms with Crippen molar-refractivity contribution in [3.63, 3.8) is 0 Å². The van der Waals surface area contributed by atoms with Crippen LogP contribution < -0.4 is 0 Å². The smallest absolute Gasteiger partial charge is 0.197 e. The van der Waals surface area contributed by atoms with Gasteiger partial charge in [-0.05, 0) is 46.2 Å². The Labute approximate surface area is 215 Å². The highest BCUT2D eigenvalue weighted by Crippen LogP contribution is 2.38. The zero-order valence-corrected chi connectivity index (χ0v) is 20.5. The molecule has 0 unspecified atom stereocenters. The number of hydrogen-bond acceptors (Lipinski definition) is 5. The maximum Gasteiger partial charge on any atom is 0.197 e. The second-order valence-electron chi connectivity index (χ2n) is 8.74. The van der Waals surface area contributed by atoms with Crippen LogP contribution in [0.4, 0.5) is 0 Å². The van der Waals surface area contributed by atoms with Crippen LogP contribution in [0.3, 0.4) is 0 Å². The van der Waals surface area contributed by atoms with Crippen molar-refractivity contribution < 1.29 is 9.59 Å². The number of thiazole rings is 1. The molecular weight excluding hydrogens is 482 g/mol. The normalized spacial score (nSPS) is 13.1. The largest absolute Gasteiger partial charge is 0.288 e. The molecule has 5 heteroatoms. The molecule has 0 radical (unpaired) electrons. The fraction of sp³-hybridized carbons (Fsp3) is 0. The summed E-state index contributed by atoms with van der Waals surface area (Å²) in [5.74, 6) is -0.408. The van der Waals surface area contributed by atoms with Crippen LogP contribution >= 0.6 is 22.7 Å². The van der Waals surface area contributed by atoms with Crippen LogP contribution in [-0.2, 0) is 0 Å². The number of aromatic nitrogens is 1. The summed E-state index contributed by atoms with van der Waals surface area (Å²) in [6.07, 6.45) is 1.72. The van der Waals surface area contributed by atoms with Gasteiger partial charge in [0.2, 0.25) is 0 Å². The zero-order chi connectivity index (χ0) is 24.2. The van der Waals surface area contributed by atoms with Gasteiger partial charge in [0.25, 0.3) is 0 Å². The number of hydrogen-bond donors (Lipinski definition) is 0. The number of thiophene rings is 1. The Morgan fingerprint density at radius 2 is 1.19 bits per heavy atom. The molecule has 3 nitrogen and oxygen atoms in total. The molecule has 36 heavy (non-hydrogen) atoms. The van der Waals surface area contributed by atoms with Crippen molar-refractivity contribution in [2.75, 3.05) is 0 Å². The van der Waals surface area contributed by atoms with Crippen LogP contribution in [0.25, 0.3) is 48.1 Å². The van der Waals surface area contributed by atoms with Gasteiger partial charge in [0.05, 0.1) is 10.3 Å². The van der Waals surface area contributed by atoms with E-state index < -0.39 is 0 Å². The molecular formula is C31H17NO2S2. The van der Waals surface area contributed by atoms with Gasteiger partial charge in [-0.1, -0.05) is 78.9 Å². The Morgan fingerprint density at radius 3 is 1.83 bits per heavy atom. The molecule has 2 heterocycles. The lowest BCUT2D eigenvalue weighted by Crippen LogP contribution is -1.99. The number of carbonyl (C=O) groups excluding carboxylic acids is 2. The van der Waals surface area contributed by atoms with Crippen LogP contribution in [0, 0.1) is 0 Å². The SMILES string of the molecule is O=C1C(=Cc2cc3sc(-c4ccc(-c5ccccc5)cc4)nc3s2)C(=O)c2cc3ccccc3cc21. The number of allylic oxidation sites excluding steroid dienone is 1. The summed E-state index contributed by atoms with van der Waals surface area (Å²) in [6.45, 7) is 0. The zero-order valence-electron chi connectivity index (χ0n) is 18.9. The summed E-state index contributed by atoms with van der Waals surface area (Å²) < 4.78 is 1.05. The standard InChI is InChI=1S/C31H17NO2S2/c33-28-24-14-21-8-4-5-9-22(21)15-25(24)29(34)26(28)16-23-17-27-31(35-23)32-30(36-27)20-12-10-19(11-13-20)18-6-2-1-3-7-18/h1-17H. The van der Waals surface area contributed by atoms with Crippen molar-refractivity contribution in [1.82, 2.24) is 4.98 Å². The molecule has 0 bridgehead atoms. The molecule has 0 atom stereocenters. The Hall–Kier alpha value is -4.19. The van der Waals surface area contributed by atoms with E-state index in [1.807, 2.05) is 60.7 Å².